The Bertz CT molecular complexity index is 611. The van der Waals surface area contributed by atoms with Crippen LogP contribution in [0.15, 0.2) is 20.1 Å². The van der Waals surface area contributed by atoms with Gasteiger partial charge in [0.15, 0.2) is 0 Å². The standard InChI is InChI=1S/C14H22BrN3O2S2/c1-16-5-2-3-12(11-16)17-6-8-18(9-7-17)22(19,20)14-13(15)4-10-21-14/h4,10,12H,2-3,5-9,11H2,1H3. The molecule has 3 heterocycles. The third-order valence-corrected chi connectivity index (χ3v) is 9.09. The minimum atomic E-state index is -3.35. The van der Waals surface area contributed by atoms with Gasteiger partial charge in [-0.3, -0.25) is 4.90 Å². The number of likely N-dealkylation sites (tertiary alicyclic amines) is 1. The second kappa shape index (κ2) is 6.86. The van der Waals surface area contributed by atoms with E-state index in [-0.39, 0.29) is 0 Å². The van der Waals surface area contributed by atoms with Crippen LogP contribution in [-0.4, -0.2) is 74.9 Å². The molecule has 0 aliphatic carbocycles. The number of likely N-dealkylation sites (N-methyl/N-ethyl adjacent to an activating group) is 1. The number of piperazine rings is 1. The first-order valence-electron chi connectivity index (χ1n) is 7.64. The summed E-state index contributed by atoms with van der Waals surface area (Å²) in [5, 5.41) is 1.81. The number of thiophene rings is 1. The van der Waals surface area contributed by atoms with Crippen molar-refractivity contribution in [1.29, 1.82) is 0 Å². The van der Waals surface area contributed by atoms with Gasteiger partial charge in [0.25, 0.3) is 10.0 Å². The number of hydrogen-bond acceptors (Lipinski definition) is 5. The Morgan fingerprint density at radius 1 is 1.23 bits per heavy atom. The van der Waals surface area contributed by atoms with Gasteiger partial charge in [0.1, 0.15) is 4.21 Å². The lowest BCUT2D eigenvalue weighted by Crippen LogP contribution is -2.55. The van der Waals surface area contributed by atoms with Crippen molar-refractivity contribution in [1.82, 2.24) is 14.1 Å². The molecule has 3 rings (SSSR count). The summed E-state index contributed by atoms with van der Waals surface area (Å²) in [5.41, 5.74) is 0. The van der Waals surface area contributed by atoms with Crippen molar-refractivity contribution in [2.45, 2.75) is 23.1 Å². The molecule has 5 nitrogen and oxygen atoms in total. The normalized spacial score (nSPS) is 26.4. The van der Waals surface area contributed by atoms with Crippen LogP contribution < -0.4 is 0 Å². The fourth-order valence-corrected chi connectivity index (χ4v) is 7.20. The summed E-state index contributed by atoms with van der Waals surface area (Å²) in [4.78, 5) is 4.84. The molecular formula is C14H22BrN3O2S2. The molecule has 2 saturated heterocycles. The summed E-state index contributed by atoms with van der Waals surface area (Å²) in [6.07, 6.45) is 2.47. The Hall–Kier alpha value is 0.01000. The van der Waals surface area contributed by atoms with Crippen molar-refractivity contribution in [3.63, 3.8) is 0 Å². The molecule has 22 heavy (non-hydrogen) atoms. The Morgan fingerprint density at radius 3 is 2.55 bits per heavy atom. The molecule has 1 aromatic heterocycles. The molecule has 1 atom stereocenters. The summed E-state index contributed by atoms with van der Waals surface area (Å²) in [5.74, 6) is 0. The highest BCUT2D eigenvalue weighted by molar-refractivity contribution is 9.10. The Balaban J connectivity index is 1.63. The largest absolute Gasteiger partial charge is 0.305 e. The van der Waals surface area contributed by atoms with E-state index >= 15 is 0 Å². The lowest BCUT2D eigenvalue weighted by atomic mass is 10.0. The van der Waals surface area contributed by atoms with Gasteiger partial charge in [-0.15, -0.1) is 11.3 Å². The predicted octanol–water partition coefficient (Wildman–Crippen LogP) is 1.91. The van der Waals surface area contributed by atoms with Gasteiger partial charge in [-0.2, -0.15) is 4.31 Å². The number of sulfonamides is 1. The molecule has 1 unspecified atom stereocenters. The SMILES string of the molecule is CN1CCCC(N2CCN(S(=O)(=O)c3sccc3Br)CC2)C1. The van der Waals surface area contributed by atoms with E-state index < -0.39 is 10.0 Å². The summed E-state index contributed by atoms with van der Waals surface area (Å²) >= 11 is 4.62. The molecule has 0 radical (unpaired) electrons. The highest BCUT2D eigenvalue weighted by Crippen LogP contribution is 2.31. The molecule has 1 aromatic rings. The van der Waals surface area contributed by atoms with E-state index in [1.54, 1.807) is 10.4 Å². The van der Waals surface area contributed by atoms with E-state index in [0.717, 1.165) is 19.6 Å². The fraction of sp³-hybridized carbons (Fsp3) is 0.714. The van der Waals surface area contributed by atoms with Gasteiger partial charge in [-0.05, 0) is 53.8 Å². The van der Waals surface area contributed by atoms with Crippen LogP contribution in [0.25, 0.3) is 0 Å². The van der Waals surface area contributed by atoms with Crippen molar-refractivity contribution in [2.24, 2.45) is 0 Å². The molecule has 2 fully saturated rings. The van der Waals surface area contributed by atoms with E-state index in [2.05, 4.69) is 32.8 Å². The van der Waals surface area contributed by atoms with Gasteiger partial charge < -0.3 is 4.90 Å². The number of nitrogens with zero attached hydrogens (tertiary/aromatic N) is 3. The van der Waals surface area contributed by atoms with Crippen molar-refractivity contribution in [2.75, 3.05) is 46.3 Å². The van der Waals surface area contributed by atoms with Crippen LogP contribution >= 0.6 is 27.3 Å². The maximum Gasteiger partial charge on any atom is 0.253 e. The van der Waals surface area contributed by atoms with Gasteiger partial charge in [-0.1, -0.05) is 0 Å². The van der Waals surface area contributed by atoms with E-state index in [1.165, 1.54) is 30.7 Å². The zero-order chi connectivity index (χ0) is 15.7. The summed E-state index contributed by atoms with van der Waals surface area (Å²) in [6.45, 7) is 5.13. The average Bonchev–Trinajstić information content (AvgIpc) is 2.94. The predicted molar refractivity (Wildman–Crippen MR) is 92.9 cm³/mol. The molecular weight excluding hydrogens is 386 g/mol. The molecule has 124 valence electrons. The third-order valence-electron chi connectivity index (χ3n) is 4.55. The zero-order valence-electron chi connectivity index (χ0n) is 12.7. The van der Waals surface area contributed by atoms with Gasteiger partial charge >= 0.3 is 0 Å². The van der Waals surface area contributed by atoms with Crippen molar-refractivity contribution < 1.29 is 8.42 Å². The monoisotopic (exact) mass is 407 g/mol. The maximum absolute atomic E-state index is 12.7. The van der Waals surface area contributed by atoms with Crippen LogP contribution in [0.4, 0.5) is 0 Å². The first-order valence-corrected chi connectivity index (χ1v) is 10.8. The second-order valence-corrected chi connectivity index (χ2v) is 9.96. The fourth-order valence-electron chi connectivity index (χ4n) is 3.33. The maximum atomic E-state index is 12.7. The van der Waals surface area contributed by atoms with Gasteiger partial charge in [0, 0.05) is 43.2 Å². The topological polar surface area (TPSA) is 43.9 Å². The number of halogens is 1. The van der Waals surface area contributed by atoms with Crippen LogP contribution in [0.5, 0.6) is 0 Å². The van der Waals surface area contributed by atoms with Crippen molar-refractivity contribution in [3.8, 4) is 0 Å². The molecule has 0 amide bonds. The molecule has 0 bridgehead atoms. The molecule has 2 aliphatic heterocycles. The Morgan fingerprint density at radius 2 is 1.95 bits per heavy atom. The quantitative estimate of drug-likeness (QED) is 0.767. The summed E-state index contributed by atoms with van der Waals surface area (Å²) in [6, 6.07) is 2.38. The van der Waals surface area contributed by atoms with Crippen LogP contribution in [0.3, 0.4) is 0 Å². The van der Waals surface area contributed by atoms with Crippen LogP contribution in [0.1, 0.15) is 12.8 Å². The minimum Gasteiger partial charge on any atom is -0.305 e. The molecule has 0 saturated carbocycles. The zero-order valence-corrected chi connectivity index (χ0v) is 16.0. The number of rotatable bonds is 3. The molecule has 0 spiro atoms. The van der Waals surface area contributed by atoms with Gasteiger partial charge in [0.2, 0.25) is 0 Å². The van der Waals surface area contributed by atoms with E-state index in [9.17, 15) is 8.42 Å². The van der Waals surface area contributed by atoms with Crippen LogP contribution in [-0.2, 0) is 10.0 Å². The highest BCUT2D eigenvalue weighted by Gasteiger charge is 2.33. The van der Waals surface area contributed by atoms with Gasteiger partial charge in [0.05, 0.1) is 0 Å². The molecule has 8 heteroatoms. The van der Waals surface area contributed by atoms with E-state index in [1.807, 2.05) is 5.38 Å². The smallest absolute Gasteiger partial charge is 0.253 e. The lowest BCUT2D eigenvalue weighted by molar-refractivity contribution is 0.0824. The highest BCUT2D eigenvalue weighted by atomic mass is 79.9. The first-order chi connectivity index (χ1) is 10.5. The molecule has 2 aliphatic rings. The van der Waals surface area contributed by atoms with E-state index in [0.29, 0.717) is 27.8 Å². The molecule has 0 N–H and O–H groups in total. The Kier molecular flexibility index (Phi) is 5.26. The Labute approximate surface area is 145 Å². The number of hydrogen-bond donors (Lipinski definition) is 0. The van der Waals surface area contributed by atoms with Crippen molar-refractivity contribution >= 4 is 37.3 Å². The van der Waals surface area contributed by atoms with Crippen LogP contribution in [0.2, 0.25) is 0 Å². The first kappa shape index (κ1) is 16.9. The summed E-state index contributed by atoms with van der Waals surface area (Å²) in [7, 11) is -1.18. The minimum absolute atomic E-state index is 0.429. The average molecular weight is 408 g/mol. The summed E-state index contributed by atoms with van der Waals surface area (Å²) < 4.78 is 28.1. The lowest BCUT2D eigenvalue weighted by Gasteiger charge is -2.42. The number of piperidine rings is 1. The van der Waals surface area contributed by atoms with E-state index in [4.69, 9.17) is 0 Å². The molecule has 0 aromatic carbocycles. The van der Waals surface area contributed by atoms with Crippen LogP contribution in [0, 0.1) is 0 Å². The third kappa shape index (κ3) is 3.42. The van der Waals surface area contributed by atoms with Gasteiger partial charge in [-0.25, -0.2) is 8.42 Å². The van der Waals surface area contributed by atoms with Crippen molar-refractivity contribution in [3.05, 3.63) is 15.9 Å². The second-order valence-electron chi connectivity index (χ2n) is 6.05.